The van der Waals surface area contributed by atoms with Crippen LogP contribution in [0.25, 0.3) is 0 Å². The van der Waals surface area contributed by atoms with Crippen LogP contribution in [0.4, 0.5) is 0 Å². The largest absolute Gasteiger partial charge is 1.00 e. The Balaban J connectivity index is -0.0000000600. The van der Waals surface area contributed by atoms with Crippen LogP contribution in [0.5, 0.6) is 0 Å². The van der Waals surface area contributed by atoms with Crippen molar-refractivity contribution in [2.24, 2.45) is 0 Å². The Morgan fingerprint density at radius 3 is 1.62 bits per heavy atom. The summed E-state index contributed by atoms with van der Waals surface area (Å²) < 4.78 is 0.844. The van der Waals surface area contributed by atoms with Crippen LogP contribution >= 0.6 is 0 Å². The summed E-state index contributed by atoms with van der Waals surface area (Å²) in [6.07, 6.45) is 0. The second-order valence-electron chi connectivity index (χ2n) is 3.23. The Hall–Kier alpha value is 0.199. The molecule has 0 saturated carbocycles. The fraction of sp³-hybridized carbons (Fsp3) is 0.857. The van der Waals surface area contributed by atoms with Gasteiger partial charge in [0.1, 0.15) is 6.54 Å². The topological polar surface area (TPSA) is 60.4 Å². The van der Waals surface area contributed by atoms with E-state index in [0.29, 0.717) is 0 Å². The van der Waals surface area contributed by atoms with Crippen molar-refractivity contribution >= 4 is 5.97 Å². The number of carboxylic acids is 1. The molecule has 1 N–H and O–H groups in total. The summed E-state index contributed by atoms with van der Waals surface area (Å²) in [6, 6.07) is 0. The Bertz CT molecular complexity index is 113. The van der Waals surface area contributed by atoms with Crippen molar-refractivity contribution in [3.8, 4) is 0 Å². The molecule has 0 saturated heterocycles. The number of aliphatic carboxylic acids is 1. The van der Waals surface area contributed by atoms with Crippen LogP contribution in [0.15, 0.2) is 0 Å². The molecular weight excluding hydrogens is 245 g/mol. The average Bonchev–Trinajstić information content (AvgIpc) is 1.58. The number of aliphatic hydroxyl groups excluding tert-OH is 1. The predicted octanol–water partition coefficient (Wildman–Crippen LogP) is -4.56. The number of hydrogen-bond acceptors (Lipinski definition) is 3. The van der Waals surface area contributed by atoms with E-state index < -0.39 is 5.97 Å². The maximum Gasteiger partial charge on any atom is 1.00 e. The van der Waals surface area contributed by atoms with Crippen LogP contribution < -0.4 is 17.5 Å². The summed E-state index contributed by atoms with van der Waals surface area (Å²) in [5.41, 5.74) is 0. The monoisotopic (exact) mass is 261 g/mol. The van der Waals surface area contributed by atoms with E-state index in [1.807, 2.05) is 0 Å². The first-order valence-corrected chi connectivity index (χ1v) is 3.38. The molecule has 0 aromatic carbocycles. The Morgan fingerprint density at radius 1 is 1.38 bits per heavy atom. The van der Waals surface area contributed by atoms with Gasteiger partial charge in [0.25, 0.3) is 0 Å². The second kappa shape index (κ2) is 12.2. The van der Waals surface area contributed by atoms with E-state index in [2.05, 4.69) is 21.1 Å². The summed E-state index contributed by atoms with van der Waals surface area (Å²) in [5.74, 6) is -1.08. The summed E-state index contributed by atoms with van der Waals surface area (Å²) in [4.78, 5) is 8.89. The maximum atomic E-state index is 8.89. The Labute approximate surface area is 96.4 Å². The maximum absolute atomic E-state index is 8.89. The van der Waals surface area contributed by atoms with Crippen LogP contribution in [0.3, 0.4) is 0 Å². The minimum absolute atomic E-state index is 0. The average molecular weight is 262 g/mol. The van der Waals surface area contributed by atoms with Gasteiger partial charge in [-0.05, 0) is 6.92 Å². The fourth-order valence-electron chi connectivity index (χ4n) is 0.300. The van der Waals surface area contributed by atoms with Crippen LogP contribution in [0.2, 0.25) is 0 Å². The second-order valence-corrected chi connectivity index (χ2v) is 3.23. The first kappa shape index (κ1) is 23.2. The summed E-state index contributed by atoms with van der Waals surface area (Å²) in [5, 5.41) is 17.3. The first-order chi connectivity index (χ1) is 4.79. The molecular formula is C7H17ClCuNO3. The number of rotatable bonds is 2. The zero-order valence-corrected chi connectivity index (χ0v) is 10.0. The van der Waals surface area contributed by atoms with E-state index in [9.17, 15) is 0 Å². The minimum atomic E-state index is -1.08. The van der Waals surface area contributed by atoms with Gasteiger partial charge in [0.15, 0.2) is 0 Å². The van der Waals surface area contributed by atoms with Gasteiger partial charge in [0.2, 0.25) is 0 Å². The SMILES string of the molecule is CC(=O)[O-].C[N+](C)(C)CCO.[Cl-].[Cu+]. The molecule has 0 aliphatic carbocycles. The van der Waals surface area contributed by atoms with Gasteiger partial charge in [0.05, 0.1) is 27.7 Å². The molecule has 0 heterocycles. The Morgan fingerprint density at radius 2 is 1.62 bits per heavy atom. The number of hydrogen-bond donors (Lipinski definition) is 1. The van der Waals surface area contributed by atoms with Gasteiger partial charge in [-0.2, -0.15) is 0 Å². The zero-order chi connectivity index (χ0) is 9.49. The molecule has 0 amide bonds. The van der Waals surface area contributed by atoms with Gasteiger partial charge < -0.3 is 31.9 Å². The standard InChI is InChI=1S/C5H14NO.C2H4O2.ClH.Cu/c1-6(2,3)4-5-7;1-2(3)4;;/h7H,4-5H2,1-3H3;1H3,(H,3,4);1H;/q+1;;;+1/p-2. The molecule has 0 spiro atoms. The van der Waals surface area contributed by atoms with E-state index >= 15 is 0 Å². The van der Waals surface area contributed by atoms with Gasteiger partial charge in [-0.15, -0.1) is 0 Å². The molecule has 4 nitrogen and oxygen atoms in total. The number of aliphatic hydroxyl groups is 1. The number of halogens is 1. The number of carbonyl (C=O) groups excluding carboxylic acids is 1. The van der Waals surface area contributed by atoms with Crippen LogP contribution in [-0.4, -0.2) is 49.9 Å². The number of nitrogens with zero attached hydrogens (tertiary/aromatic N) is 1. The molecule has 0 unspecified atom stereocenters. The van der Waals surface area contributed by atoms with Crippen LogP contribution in [-0.2, 0) is 21.9 Å². The van der Waals surface area contributed by atoms with Crippen molar-refractivity contribution in [1.82, 2.24) is 0 Å². The number of quaternary nitrogens is 1. The van der Waals surface area contributed by atoms with Gasteiger partial charge in [-0.1, -0.05) is 0 Å². The molecule has 0 radical (unpaired) electrons. The molecule has 0 aromatic heterocycles. The zero-order valence-electron chi connectivity index (χ0n) is 8.30. The summed E-state index contributed by atoms with van der Waals surface area (Å²) in [7, 11) is 6.16. The predicted molar refractivity (Wildman–Crippen MR) is 40.7 cm³/mol. The van der Waals surface area contributed by atoms with Crippen molar-refractivity contribution in [1.29, 1.82) is 0 Å². The molecule has 6 heteroatoms. The number of carbonyl (C=O) groups is 1. The van der Waals surface area contributed by atoms with Gasteiger partial charge >= 0.3 is 17.1 Å². The Kier molecular flexibility index (Phi) is 21.8. The summed E-state index contributed by atoms with van der Waals surface area (Å²) in [6.45, 7) is 2.09. The van der Waals surface area contributed by atoms with E-state index in [0.717, 1.165) is 18.0 Å². The number of carboxylic acid groups (broad SMARTS) is 1. The third-order valence-electron chi connectivity index (χ3n) is 0.771. The van der Waals surface area contributed by atoms with E-state index in [1.165, 1.54) is 0 Å². The molecule has 0 aliphatic rings. The quantitative estimate of drug-likeness (QED) is 0.403. The van der Waals surface area contributed by atoms with Crippen molar-refractivity contribution in [3.05, 3.63) is 0 Å². The summed E-state index contributed by atoms with van der Waals surface area (Å²) >= 11 is 0. The molecule has 0 aromatic rings. The fourth-order valence-corrected chi connectivity index (χ4v) is 0.300. The van der Waals surface area contributed by atoms with Crippen molar-refractivity contribution < 1.29 is 49.0 Å². The third-order valence-corrected chi connectivity index (χ3v) is 0.771. The van der Waals surface area contributed by atoms with E-state index in [-0.39, 0.29) is 36.1 Å². The van der Waals surface area contributed by atoms with E-state index in [4.69, 9.17) is 15.0 Å². The van der Waals surface area contributed by atoms with Crippen molar-refractivity contribution in [2.75, 3.05) is 34.3 Å². The molecule has 0 atom stereocenters. The third kappa shape index (κ3) is 72.0. The molecule has 86 valence electrons. The first-order valence-electron chi connectivity index (χ1n) is 3.38. The number of likely N-dealkylation sites (N-methyl/N-ethyl adjacent to an activating group) is 1. The molecule has 0 rings (SSSR count). The van der Waals surface area contributed by atoms with E-state index in [1.54, 1.807) is 0 Å². The minimum Gasteiger partial charge on any atom is -1.00 e. The smallest absolute Gasteiger partial charge is 1.00 e. The van der Waals surface area contributed by atoms with Gasteiger partial charge in [-0.25, -0.2) is 0 Å². The molecule has 13 heavy (non-hydrogen) atoms. The van der Waals surface area contributed by atoms with Crippen LogP contribution in [0.1, 0.15) is 6.92 Å². The van der Waals surface area contributed by atoms with Crippen LogP contribution in [0, 0.1) is 0 Å². The van der Waals surface area contributed by atoms with Gasteiger partial charge in [0, 0.05) is 5.97 Å². The molecule has 0 aliphatic heterocycles. The van der Waals surface area contributed by atoms with Gasteiger partial charge in [-0.3, -0.25) is 0 Å². The molecule has 0 bridgehead atoms. The van der Waals surface area contributed by atoms with Crippen molar-refractivity contribution in [2.45, 2.75) is 6.92 Å². The normalized spacial score (nSPS) is 8.38. The molecule has 0 fully saturated rings. The van der Waals surface area contributed by atoms with Crippen molar-refractivity contribution in [3.63, 3.8) is 0 Å².